The number of nitrogens with one attached hydrogen (secondary N) is 1. The van der Waals surface area contributed by atoms with Crippen molar-refractivity contribution in [3.63, 3.8) is 0 Å². The van der Waals surface area contributed by atoms with Crippen molar-refractivity contribution in [2.24, 2.45) is 0 Å². The standard InChI is InChI=1S/C21H18F2N4O2/c1-12-3-6-17-13(9-12)10-18(24-17)20-25-19(26-29-20)7-8-27(2)21(28)15-11-14(22)4-5-16(15)23/h3-6,9-11,24H,7-8H2,1-2H3. The highest BCUT2D eigenvalue weighted by Crippen LogP contribution is 2.23. The molecule has 1 N–H and O–H groups in total. The van der Waals surface area contributed by atoms with Gasteiger partial charge in [-0.1, -0.05) is 16.8 Å². The van der Waals surface area contributed by atoms with Gasteiger partial charge in [-0.2, -0.15) is 4.98 Å². The molecule has 0 aliphatic heterocycles. The number of carbonyl (C=O) groups excluding carboxylic acids is 1. The molecule has 0 aliphatic carbocycles. The number of halogens is 2. The summed E-state index contributed by atoms with van der Waals surface area (Å²) in [5.41, 5.74) is 2.51. The van der Waals surface area contributed by atoms with Crippen molar-refractivity contribution in [2.45, 2.75) is 13.3 Å². The molecule has 8 heteroatoms. The highest BCUT2D eigenvalue weighted by Gasteiger charge is 2.18. The molecule has 148 valence electrons. The molecule has 29 heavy (non-hydrogen) atoms. The number of aromatic nitrogens is 3. The number of amides is 1. The zero-order valence-corrected chi connectivity index (χ0v) is 15.9. The Morgan fingerprint density at radius 1 is 1.17 bits per heavy atom. The summed E-state index contributed by atoms with van der Waals surface area (Å²) in [4.78, 5) is 21.2. The maximum absolute atomic E-state index is 13.8. The highest BCUT2D eigenvalue weighted by atomic mass is 19.1. The average molecular weight is 396 g/mol. The van der Waals surface area contributed by atoms with E-state index in [4.69, 9.17) is 4.52 Å². The van der Waals surface area contributed by atoms with Crippen LogP contribution in [0.1, 0.15) is 21.7 Å². The molecule has 0 radical (unpaired) electrons. The molecule has 1 amide bonds. The van der Waals surface area contributed by atoms with Gasteiger partial charge in [0.15, 0.2) is 5.82 Å². The first-order chi connectivity index (χ1) is 13.9. The quantitative estimate of drug-likeness (QED) is 0.551. The highest BCUT2D eigenvalue weighted by molar-refractivity contribution is 5.94. The fourth-order valence-corrected chi connectivity index (χ4v) is 3.07. The van der Waals surface area contributed by atoms with Crippen LogP contribution in [0, 0.1) is 18.6 Å². The van der Waals surface area contributed by atoms with Crippen LogP contribution in [0.5, 0.6) is 0 Å². The third-order valence-electron chi connectivity index (χ3n) is 4.65. The predicted octanol–water partition coefficient (Wildman–Crippen LogP) is 4.12. The Kier molecular flexibility index (Phi) is 4.84. The number of benzene rings is 2. The van der Waals surface area contributed by atoms with Crippen molar-refractivity contribution in [1.82, 2.24) is 20.0 Å². The van der Waals surface area contributed by atoms with Crippen LogP contribution in [0.3, 0.4) is 0 Å². The predicted molar refractivity (Wildman–Crippen MR) is 103 cm³/mol. The van der Waals surface area contributed by atoms with Gasteiger partial charge < -0.3 is 14.4 Å². The molecule has 0 saturated heterocycles. The zero-order chi connectivity index (χ0) is 20.5. The SMILES string of the molecule is Cc1ccc2[nH]c(-c3nc(CCN(C)C(=O)c4cc(F)ccc4F)no3)cc2c1. The fraction of sp³-hybridized carbons (Fsp3) is 0.190. The van der Waals surface area contributed by atoms with Crippen LogP contribution in [0.2, 0.25) is 0 Å². The second kappa shape index (κ2) is 7.46. The van der Waals surface area contributed by atoms with Crippen LogP contribution < -0.4 is 0 Å². The molecular formula is C21H18F2N4O2. The number of hydrogen-bond donors (Lipinski definition) is 1. The zero-order valence-electron chi connectivity index (χ0n) is 15.9. The smallest absolute Gasteiger partial charge is 0.274 e. The monoisotopic (exact) mass is 396 g/mol. The van der Waals surface area contributed by atoms with Gasteiger partial charge in [-0.25, -0.2) is 8.78 Å². The molecule has 2 heterocycles. The van der Waals surface area contributed by atoms with E-state index in [1.165, 1.54) is 11.9 Å². The molecule has 2 aromatic heterocycles. The number of hydrogen-bond acceptors (Lipinski definition) is 4. The molecule has 0 atom stereocenters. The minimum absolute atomic E-state index is 0.222. The van der Waals surface area contributed by atoms with Crippen LogP contribution in [0.15, 0.2) is 47.0 Å². The van der Waals surface area contributed by atoms with Gasteiger partial charge in [0.2, 0.25) is 0 Å². The second-order valence-corrected chi connectivity index (χ2v) is 6.89. The summed E-state index contributed by atoms with van der Waals surface area (Å²) in [5.74, 6) is -1.29. The lowest BCUT2D eigenvalue weighted by molar-refractivity contribution is 0.0790. The minimum atomic E-state index is -0.765. The fourth-order valence-electron chi connectivity index (χ4n) is 3.07. The first-order valence-corrected chi connectivity index (χ1v) is 9.03. The summed E-state index contributed by atoms with van der Waals surface area (Å²) in [5, 5.41) is 4.98. The minimum Gasteiger partial charge on any atom is -0.351 e. The number of fused-ring (bicyclic) bond motifs is 1. The van der Waals surface area contributed by atoms with Gasteiger partial charge in [0.1, 0.15) is 17.3 Å². The number of likely N-dealkylation sites (N-methyl/N-ethyl adjacent to an activating group) is 1. The van der Waals surface area contributed by atoms with E-state index in [0.717, 1.165) is 34.7 Å². The Labute approximate surface area is 165 Å². The van der Waals surface area contributed by atoms with Crippen molar-refractivity contribution in [2.75, 3.05) is 13.6 Å². The molecule has 4 rings (SSSR count). The number of H-pyrrole nitrogens is 1. The summed E-state index contributed by atoms with van der Waals surface area (Å²) in [6.45, 7) is 2.24. The first kappa shape index (κ1) is 18.8. The van der Waals surface area contributed by atoms with Crippen LogP contribution in [0.25, 0.3) is 22.5 Å². The normalized spacial score (nSPS) is 11.2. The summed E-state index contributed by atoms with van der Waals surface area (Å²) in [6.07, 6.45) is 0.308. The molecule has 0 aliphatic rings. The van der Waals surface area contributed by atoms with Gasteiger partial charge >= 0.3 is 0 Å². The molecule has 0 spiro atoms. The first-order valence-electron chi connectivity index (χ1n) is 9.03. The molecular weight excluding hydrogens is 378 g/mol. The number of nitrogens with zero attached hydrogens (tertiary/aromatic N) is 3. The Balaban J connectivity index is 1.44. The van der Waals surface area contributed by atoms with Gasteiger partial charge in [0.25, 0.3) is 11.8 Å². The van der Waals surface area contributed by atoms with Crippen molar-refractivity contribution >= 4 is 16.8 Å². The summed E-state index contributed by atoms with van der Waals surface area (Å²) in [6, 6.07) is 10.8. The molecule has 0 fully saturated rings. The Morgan fingerprint density at radius 2 is 2.00 bits per heavy atom. The van der Waals surface area contributed by atoms with Crippen molar-refractivity contribution in [3.05, 3.63) is 71.1 Å². The van der Waals surface area contributed by atoms with Gasteiger partial charge in [0, 0.05) is 30.9 Å². The van der Waals surface area contributed by atoms with Gasteiger partial charge in [-0.15, -0.1) is 0 Å². The summed E-state index contributed by atoms with van der Waals surface area (Å²) < 4.78 is 32.4. The van der Waals surface area contributed by atoms with Crippen LogP contribution in [-0.4, -0.2) is 39.5 Å². The lowest BCUT2D eigenvalue weighted by atomic mass is 10.2. The largest absolute Gasteiger partial charge is 0.351 e. The average Bonchev–Trinajstić information content (AvgIpc) is 3.33. The number of aromatic amines is 1. The van der Waals surface area contributed by atoms with Crippen LogP contribution >= 0.6 is 0 Å². The van der Waals surface area contributed by atoms with E-state index in [1.54, 1.807) is 0 Å². The van der Waals surface area contributed by atoms with E-state index in [0.29, 0.717) is 23.8 Å². The topological polar surface area (TPSA) is 75.0 Å². The Bertz CT molecular complexity index is 1200. The molecule has 0 saturated carbocycles. The number of aryl methyl sites for hydroxylation is 1. The number of rotatable bonds is 5. The van der Waals surface area contributed by atoms with Gasteiger partial charge in [-0.3, -0.25) is 4.79 Å². The van der Waals surface area contributed by atoms with E-state index >= 15 is 0 Å². The van der Waals surface area contributed by atoms with E-state index in [1.807, 2.05) is 25.1 Å². The van der Waals surface area contributed by atoms with Crippen molar-refractivity contribution < 1.29 is 18.1 Å². The second-order valence-electron chi connectivity index (χ2n) is 6.89. The molecule has 2 aromatic carbocycles. The van der Waals surface area contributed by atoms with Crippen LogP contribution in [-0.2, 0) is 6.42 Å². The molecule has 6 nitrogen and oxygen atoms in total. The summed E-state index contributed by atoms with van der Waals surface area (Å²) in [7, 11) is 1.51. The maximum atomic E-state index is 13.8. The van der Waals surface area contributed by atoms with E-state index in [2.05, 4.69) is 21.2 Å². The molecule has 0 bridgehead atoms. The third-order valence-corrected chi connectivity index (χ3v) is 4.65. The Hall–Kier alpha value is -3.55. The lowest BCUT2D eigenvalue weighted by Crippen LogP contribution is -2.29. The van der Waals surface area contributed by atoms with Crippen LogP contribution in [0.4, 0.5) is 8.78 Å². The van der Waals surface area contributed by atoms with E-state index in [9.17, 15) is 13.6 Å². The number of carbonyl (C=O) groups is 1. The Morgan fingerprint density at radius 3 is 2.83 bits per heavy atom. The lowest BCUT2D eigenvalue weighted by Gasteiger charge is -2.16. The van der Waals surface area contributed by atoms with Crippen molar-refractivity contribution in [1.29, 1.82) is 0 Å². The molecule has 0 unspecified atom stereocenters. The van der Waals surface area contributed by atoms with Gasteiger partial charge in [0.05, 0.1) is 5.56 Å². The summed E-state index contributed by atoms with van der Waals surface area (Å²) >= 11 is 0. The van der Waals surface area contributed by atoms with Gasteiger partial charge in [-0.05, 0) is 43.3 Å². The van der Waals surface area contributed by atoms with E-state index < -0.39 is 17.5 Å². The maximum Gasteiger partial charge on any atom is 0.274 e. The van der Waals surface area contributed by atoms with Crippen molar-refractivity contribution in [3.8, 4) is 11.6 Å². The molecule has 4 aromatic rings. The van der Waals surface area contributed by atoms with E-state index in [-0.39, 0.29) is 12.1 Å². The third kappa shape index (κ3) is 3.87.